The minimum absolute atomic E-state index is 0.0749. The molecule has 6 nitrogen and oxygen atoms in total. The third-order valence-corrected chi connectivity index (χ3v) is 6.10. The molecule has 4 heterocycles. The van der Waals surface area contributed by atoms with Gasteiger partial charge in [0.15, 0.2) is 0 Å². The standard InChI is InChI=1S/C21H30N4O2/c1-24-15-19(14-23-24)16-25-10-6-21(7-11-25)20(5-13-27-21)4-12-26-17-18-2-8-22-9-3-18/h2-3,8-9,14-15,20H,4-7,10-13,16-17H2,1H3/t20-/m0/s1. The van der Waals surface area contributed by atoms with E-state index in [0.717, 1.165) is 52.1 Å². The molecule has 0 N–H and O–H groups in total. The highest BCUT2D eigenvalue weighted by Gasteiger charge is 2.45. The molecule has 0 amide bonds. The van der Waals surface area contributed by atoms with Gasteiger partial charge in [0.25, 0.3) is 0 Å². The molecule has 0 radical (unpaired) electrons. The van der Waals surface area contributed by atoms with Crippen molar-refractivity contribution in [2.75, 3.05) is 26.3 Å². The second kappa shape index (κ2) is 8.50. The van der Waals surface area contributed by atoms with E-state index in [0.29, 0.717) is 12.5 Å². The number of piperidine rings is 1. The first-order valence-corrected chi connectivity index (χ1v) is 10.0. The first-order valence-electron chi connectivity index (χ1n) is 10.0. The number of aryl methyl sites for hydroxylation is 1. The van der Waals surface area contributed by atoms with Crippen molar-refractivity contribution in [2.24, 2.45) is 13.0 Å². The number of hydrogen-bond donors (Lipinski definition) is 0. The Balaban J connectivity index is 1.23. The van der Waals surface area contributed by atoms with Crippen molar-refractivity contribution in [3.05, 3.63) is 48.0 Å². The predicted octanol–water partition coefficient (Wildman–Crippen LogP) is 2.79. The summed E-state index contributed by atoms with van der Waals surface area (Å²) in [5, 5.41) is 4.28. The maximum Gasteiger partial charge on any atom is 0.0736 e. The van der Waals surface area contributed by atoms with Crippen LogP contribution in [-0.4, -0.2) is 51.6 Å². The zero-order chi connectivity index (χ0) is 18.5. The van der Waals surface area contributed by atoms with Gasteiger partial charge in [-0.3, -0.25) is 14.6 Å². The Morgan fingerprint density at radius 1 is 1.22 bits per heavy atom. The minimum atomic E-state index is 0.0749. The van der Waals surface area contributed by atoms with Crippen LogP contribution in [0.2, 0.25) is 0 Å². The molecule has 0 aromatic carbocycles. The largest absolute Gasteiger partial charge is 0.377 e. The molecule has 2 fully saturated rings. The molecule has 0 aliphatic carbocycles. The second-order valence-electron chi connectivity index (χ2n) is 7.89. The number of ether oxygens (including phenoxy) is 2. The first-order chi connectivity index (χ1) is 13.2. The molecule has 2 aromatic rings. The van der Waals surface area contributed by atoms with Gasteiger partial charge in [0.2, 0.25) is 0 Å². The van der Waals surface area contributed by atoms with Gasteiger partial charge in [-0.2, -0.15) is 5.10 Å². The predicted molar refractivity (Wildman–Crippen MR) is 103 cm³/mol. The number of nitrogens with zero attached hydrogens (tertiary/aromatic N) is 4. The minimum Gasteiger partial charge on any atom is -0.377 e. The molecular weight excluding hydrogens is 340 g/mol. The van der Waals surface area contributed by atoms with Gasteiger partial charge in [-0.25, -0.2) is 0 Å². The Morgan fingerprint density at radius 3 is 2.78 bits per heavy atom. The van der Waals surface area contributed by atoms with Gasteiger partial charge in [0.1, 0.15) is 0 Å². The average Bonchev–Trinajstić information content (AvgIpc) is 3.28. The van der Waals surface area contributed by atoms with Crippen LogP contribution in [0.5, 0.6) is 0 Å². The van der Waals surface area contributed by atoms with E-state index in [2.05, 4.69) is 21.2 Å². The van der Waals surface area contributed by atoms with Crippen LogP contribution >= 0.6 is 0 Å². The summed E-state index contributed by atoms with van der Waals surface area (Å²) in [5.74, 6) is 0.621. The van der Waals surface area contributed by atoms with Crippen LogP contribution in [0.15, 0.2) is 36.9 Å². The summed E-state index contributed by atoms with van der Waals surface area (Å²) < 4.78 is 14.1. The topological polar surface area (TPSA) is 52.4 Å². The summed E-state index contributed by atoms with van der Waals surface area (Å²) in [5.41, 5.74) is 2.55. The van der Waals surface area contributed by atoms with E-state index in [1.165, 1.54) is 17.5 Å². The zero-order valence-corrected chi connectivity index (χ0v) is 16.2. The Bertz CT molecular complexity index is 710. The van der Waals surface area contributed by atoms with Crippen LogP contribution in [-0.2, 0) is 29.7 Å². The fourth-order valence-corrected chi connectivity index (χ4v) is 4.54. The molecule has 27 heavy (non-hydrogen) atoms. The Hall–Kier alpha value is -1.76. The Labute approximate surface area is 161 Å². The lowest BCUT2D eigenvalue weighted by Crippen LogP contribution is -2.47. The molecule has 2 aliphatic heterocycles. The fraction of sp³-hybridized carbons (Fsp3) is 0.619. The van der Waals surface area contributed by atoms with Crippen molar-refractivity contribution < 1.29 is 9.47 Å². The highest BCUT2D eigenvalue weighted by molar-refractivity contribution is 5.08. The van der Waals surface area contributed by atoms with E-state index in [9.17, 15) is 0 Å². The van der Waals surface area contributed by atoms with Gasteiger partial charge in [0.05, 0.1) is 18.4 Å². The molecule has 6 heteroatoms. The number of rotatable bonds is 7. The van der Waals surface area contributed by atoms with Crippen LogP contribution in [0.4, 0.5) is 0 Å². The average molecular weight is 370 g/mol. The Kier molecular flexibility index (Phi) is 5.86. The maximum absolute atomic E-state index is 6.31. The van der Waals surface area contributed by atoms with E-state index >= 15 is 0 Å². The third-order valence-electron chi connectivity index (χ3n) is 6.10. The summed E-state index contributed by atoms with van der Waals surface area (Å²) >= 11 is 0. The molecule has 0 saturated carbocycles. The molecule has 0 bridgehead atoms. The van der Waals surface area contributed by atoms with Gasteiger partial charge in [0, 0.05) is 64.0 Å². The van der Waals surface area contributed by atoms with Crippen molar-refractivity contribution in [1.29, 1.82) is 0 Å². The number of hydrogen-bond acceptors (Lipinski definition) is 5. The lowest BCUT2D eigenvalue weighted by molar-refractivity contribution is -0.0733. The van der Waals surface area contributed by atoms with Crippen LogP contribution in [0, 0.1) is 5.92 Å². The van der Waals surface area contributed by atoms with Gasteiger partial charge in [-0.15, -0.1) is 0 Å². The molecule has 1 atom stereocenters. The van der Waals surface area contributed by atoms with Gasteiger partial charge in [-0.1, -0.05) is 0 Å². The summed E-state index contributed by atoms with van der Waals surface area (Å²) in [6, 6.07) is 4.02. The monoisotopic (exact) mass is 370 g/mol. The van der Waals surface area contributed by atoms with Gasteiger partial charge < -0.3 is 9.47 Å². The van der Waals surface area contributed by atoms with Crippen LogP contribution in [0.25, 0.3) is 0 Å². The maximum atomic E-state index is 6.31. The lowest BCUT2D eigenvalue weighted by atomic mass is 9.78. The lowest BCUT2D eigenvalue weighted by Gasteiger charge is -2.42. The molecule has 2 saturated heterocycles. The van der Waals surface area contributed by atoms with Crippen LogP contribution < -0.4 is 0 Å². The van der Waals surface area contributed by atoms with E-state index in [1.807, 2.05) is 42.5 Å². The SMILES string of the molecule is Cn1cc(CN2CCC3(CC2)OCC[C@@H]3CCOCc2ccncc2)cn1. The summed E-state index contributed by atoms with van der Waals surface area (Å²) in [6.45, 7) is 5.56. The normalized spacial score (nSPS) is 22.5. The fourth-order valence-electron chi connectivity index (χ4n) is 4.54. The van der Waals surface area contributed by atoms with E-state index < -0.39 is 0 Å². The van der Waals surface area contributed by atoms with Crippen molar-refractivity contribution in [1.82, 2.24) is 19.7 Å². The summed E-state index contributed by atoms with van der Waals surface area (Å²) in [4.78, 5) is 6.58. The van der Waals surface area contributed by atoms with Crippen molar-refractivity contribution in [3.8, 4) is 0 Å². The van der Waals surface area contributed by atoms with Crippen molar-refractivity contribution >= 4 is 0 Å². The number of pyridine rings is 1. The quantitative estimate of drug-likeness (QED) is 0.702. The molecule has 2 aromatic heterocycles. The number of likely N-dealkylation sites (tertiary alicyclic amines) is 1. The molecule has 146 valence electrons. The first kappa shape index (κ1) is 18.6. The summed E-state index contributed by atoms with van der Waals surface area (Å²) in [7, 11) is 1.97. The van der Waals surface area contributed by atoms with Crippen LogP contribution in [0.3, 0.4) is 0 Å². The molecule has 1 spiro atoms. The highest BCUT2D eigenvalue weighted by Crippen LogP contribution is 2.42. The van der Waals surface area contributed by atoms with Crippen molar-refractivity contribution in [2.45, 2.75) is 44.4 Å². The molecule has 2 aliphatic rings. The van der Waals surface area contributed by atoms with Gasteiger partial charge in [-0.05, 0) is 49.3 Å². The third kappa shape index (κ3) is 4.57. The van der Waals surface area contributed by atoms with Crippen molar-refractivity contribution in [3.63, 3.8) is 0 Å². The smallest absolute Gasteiger partial charge is 0.0736 e. The van der Waals surface area contributed by atoms with E-state index in [-0.39, 0.29) is 5.60 Å². The molecule has 4 rings (SSSR count). The number of aromatic nitrogens is 3. The van der Waals surface area contributed by atoms with Crippen LogP contribution in [0.1, 0.15) is 36.8 Å². The molecule has 0 unspecified atom stereocenters. The second-order valence-corrected chi connectivity index (χ2v) is 7.89. The highest BCUT2D eigenvalue weighted by atomic mass is 16.5. The zero-order valence-electron chi connectivity index (χ0n) is 16.2. The Morgan fingerprint density at radius 2 is 2.04 bits per heavy atom. The summed E-state index contributed by atoms with van der Waals surface area (Å²) in [6.07, 6.45) is 12.2. The van der Waals surface area contributed by atoms with Gasteiger partial charge >= 0.3 is 0 Å². The molecular formula is C21H30N4O2. The van der Waals surface area contributed by atoms with E-state index in [1.54, 1.807) is 0 Å². The van der Waals surface area contributed by atoms with E-state index in [4.69, 9.17) is 9.47 Å².